The molecule has 6 heteroatoms. The molecule has 2 aromatic rings. The fraction of sp³-hybridized carbons (Fsp3) is 0.455. The minimum Gasteiger partial charge on any atom is -0.338 e. The molecule has 146 valence electrons. The number of likely N-dealkylation sites (tertiary alicyclic amines) is 1. The highest BCUT2D eigenvalue weighted by molar-refractivity contribution is 7.20. The van der Waals surface area contributed by atoms with Crippen molar-refractivity contribution >= 4 is 34.1 Å². The van der Waals surface area contributed by atoms with E-state index in [1.165, 1.54) is 47.8 Å². The highest BCUT2D eigenvalue weighted by Gasteiger charge is 2.38. The Balaban J connectivity index is 1.39. The zero-order valence-corrected chi connectivity index (χ0v) is 17.2. The van der Waals surface area contributed by atoms with E-state index in [0.717, 1.165) is 24.6 Å². The van der Waals surface area contributed by atoms with Crippen molar-refractivity contribution in [2.75, 3.05) is 36.4 Å². The van der Waals surface area contributed by atoms with Crippen molar-refractivity contribution in [3.05, 3.63) is 36.4 Å². The number of hydrogen-bond acceptors (Lipinski definition) is 5. The summed E-state index contributed by atoms with van der Waals surface area (Å²) in [7, 11) is 0. The van der Waals surface area contributed by atoms with Crippen molar-refractivity contribution in [3.8, 4) is 10.4 Å². The zero-order chi connectivity index (χ0) is 18.9. The van der Waals surface area contributed by atoms with Gasteiger partial charge in [0.2, 0.25) is 0 Å². The maximum absolute atomic E-state index is 4.95. The Morgan fingerprint density at radius 3 is 2.82 bits per heavy atom. The fourth-order valence-electron chi connectivity index (χ4n) is 4.30. The van der Waals surface area contributed by atoms with Crippen molar-refractivity contribution in [2.24, 2.45) is 9.98 Å². The van der Waals surface area contributed by atoms with Gasteiger partial charge in [-0.1, -0.05) is 36.8 Å². The second-order valence-corrected chi connectivity index (χ2v) is 8.84. The van der Waals surface area contributed by atoms with Gasteiger partial charge in [-0.2, -0.15) is 0 Å². The lowest BCUT2D eigenvalue weighted by Crippen LogP contribution is -2.47. The van der Waals surface area contributed by atoms with E-state index in [2.05, 4.69) is 64.7 Å². The minimum absolute atomic E-state index is 0.00821. The van der Waals surface area contributed by atoms with Crippen LogP contribution in [-0.2, 0) is 0 Å². The average molecular weight is 394 g/mol. The first-order chi connectivity index (χ1) is 13.8. The van der Waals surface area contributed by atoms with E-state index in [0.29, 0.717) is 6.04 Å². The van der Waals surface area contributed by atoms with Gasteiger partial charge in [0.1, 0.15) is 10.8 Å². The van der Waals surface area contributed by atoms with Gasteiger partial charge in [0, 0.05) is 17.6 Å². The summed E-state index contributed by atoms with van der Waals surface area (Å²) in [4.78, 5) is 15.9. The van der Waals surface area contributed by atoms with Gasteiger partial charge >= 0.3 is 0 Å². The number of amidine groups is 1. The summed E-state index contributed by atoms with van der Waals surface area (Å²) in [5, 5.41) is 4.87. The van der Waals surface area contributed by atoms with Gasteiger partial charge in [-0.25, -0.2) is 0 Å². The first kappa shape index (κ1) is 17.9. The second kappa shape index (κ2) is 7.68. The first-order valence-electron chi connectivity index (χ1n) is 10.3. The van der Waals surface area contributed by atoms with E-state index in [4.69, 9.17) is 9.98 Å². The van der Waals surface area contributed by atoms with Crippen LogP contribution in [0.3, 0.4) is 0 Å². The van der Waals surface area contributed by atoms with Gasteiger partial charge in [0.25, 0.3) is 0 Å². The molecule has 2 unspecified atom stereocenters. The lowest BCUT2D eigenvalue weighted by molar-refractivity contribution is 0.235. The van der Waals surface area contributed by atoms with Gasteiger partial charge in [-0.05, 0) is 44.5 Å². The topological polar surface area (TPSA) is 43.2 Å². The van der Waals surface area contributed by atoms with Crippen LogP contribution < -0.4 is 10.2 Å². The number of fused-ring (bicyclic) bond motifs is 3. The molecule has 0 bridgehead atoms. The summed E-state index contributed by atoms with van der Waals surface area (Å²) < 4.78 is 0. The molecule has 1 N–H and O–H groups in total. The van der Waals surface area contributed by atoms with Crippen LogP contribution >= 0.6 is 11.3 Å². The third-order valence-corrected chi connectivity index (χ3v) is 7.00. The van der Waals surface area contributed by atoms with Gasteiger partial charge in [-0.15, -0.1) is 11.3 Å². The standard InChI is InChI=1S/C22H27N5S/c1-16-15-24-21-20(23-10-13-26-11-6-3-7-12-26)25-18-14-19(28-22(18)27(16)21)17-8-4-2-5-9-17/h2,4-5,8-9,14-16,21H,3,6-7,10-13H2,1H3,(H,23,25). The SMILES string of the molecule is CC1C=NC2C(=NCCN3CCCCC3)Nc3cc(-c4ccccc4)sc3N12. The number of piperidine rings is 1. The molecule has 1 saturated heterocycles. The smallest absolute Gasteiger partial charge is 0.180 e. The highest BCUT2D eigenvalue weighted by Crippen LogP contribution is 2.46. The number of thiophene rings is 1. The normalized spacial score (nSPS) is 25.6. The van der Waals surface area contributed by atoms with Crippen LogP contribution in [0.4, 0.5) is 10.7 Å². The maximum Gasteiger partial charge on any atom is 0.180 e. The van der Waals surface area contributed by atoms with E-state index in [1.807, 2.05) is 11.3 Å². The van der Waals surface area contributed by atoms with E-state index in [-0.39, 0.29) is 6.17 Å². The van der Waals surface area contributed by atoms with Gasteiger partial charge in [-0.3, -0.25) is 9.98 Å². The molecule has 1 aromatic carbocycles. The molecule has 5 rings (SSSR count). The third kappa shape index (κ3) is 3.35. The molecule has 1 fully saturated rings. The van der Waals surface area contributed by atoms with Gasteiger partial charge in [0.15, 0.2) is 6.17 Å². The van der Waals surface area contributed by atoms with Crippen LogP contribution in [0.5, 0.6) is 0 Å². The number of rotatable bonds is 4. The maximum atomic E-state index is 4.95. The fourth-order valence-corrected chi connectivity index (χ4v) is 5.53. The number of aliphatic imine (C=N–C) groups is 2. The zero-order valence-electron chi connectivity index (χ0n) is 16.3. The van der Waals surface area contributed by atoms with Crippen molar-refractivity contribution < 1.29 is 0 Å². The summed E-state index contributed by atoms with van der Waals surface area (Å²) in [6.07, 6.45) is 6.08. The molecule has 0 aliphatic carbocycles. The molecule has 2 atom stereocenters. The largest absolute Gasteiger partial charge is 0.338 e. The summed E-state index contributed by atoms with van der Waals surface area (Å²) in [6, 6.07) is 13.2. The molecule has 3 aliphatic rings. The number of hydrogen-bond donors (Lipinski definition) is 1. The summed E-state index contributed by atoms with van der Waals surface area (Å²) in [6.45, 7) is 6.53. The molecule has 5 nitrogen and oxygen atoms in total. The molecular formula is C22H27N5S. The van der Waals surface area contributed by atoms with Crippen LogP contribution in [0.15, 0.2) is 46.4 Å². The molecule has 0 radical (unpaired) electrons. The third-order valence-electron chi connectivity index (χ3n) is 5.80. The Morgan fingerprint density at radius 1 is 1.18 bits per heavy atom. The predicted octanol–water partition coefficient (Wildman–Crippen LogP) is 4.33. The molecule has 4 heterocycles. The number of nitrogens with one attached hydrogen (secondary N) is 1. The number of nitrogens with zero attached hydrogens (tertiary/aromatic N) is 4. The van der Waals surface area contributed by atoms with Crippen LogP contribution in [0.1, 0.15) is 26.2 Å². The quantitative estimate of drug-likeness (QED) is 0.841. The Labute approximate surface area is 170 Å². The molecule has 3 aliphatic heterocycles. The molecule has 1 aromatic heterocycles. The van der Waals surface area contributed by atoms with Gasteiger partial charge < -0.3 is 15.1 Å². The second-order valence-electron chi connectivity index (χ2n) is 7.81. The molecule has 0 saturated carbocycles. The number of anilines is 2. The first-order valence-corrected chi connectivity index (χ1v) is 11.2. The summed E-state index contributed by atoms with van der Waals surface area (Å²) in [5.41, 5.74) is 2.42. The summed E-state index contributed by atoms with van der Waals surface area (Å²) >= 11 is 1.84. The van der Waals surface area contributed by atoms with Gasteiger partial charge in [0.05, 0.1) is 18.3 Å². The van der Waals surface area contributed by atoms with E-state index < -0.39 is 0 Å². The average Bonchev–Trinajstić information content (AvgIpc) is 3.33. The van der Waals surface area contributed by atoms with E-state index in [9.17, 15) is 0 Å². The van der Waals surface area contributed by atoms with E-state index >= 15 is 0 Å². The molecular weight excluding hydrogens is 366 g/mol. The Morgan fingerprint density at radius 2 is 2.00 bits per heavy atom. The van der Waals surface area contributed by atoms with Crippen molar-refractivity contribution in [3.63, 3.8) is 0 Å². The Hall–Kier alpha value is -2.18. The van der Waals surface area contributed by atoms with Crippen LogP contribution in [0.25, 0.3) is 10.4 Å². The monoisotopic (exact) mass is 393 g/mol. The molecule has 0 spiro atoms. The lowest BCUT2D eigenvalue weighted by Gasteiger charge is -2.34. The summed E-state index contributed by atoms with van der Waals surface area (Å²) in [5.74, 6) is 0.988. The van der Waals surface area contributed by atoms with Crippen LogP contribution in [-0.4, -0.2) is 55.3 Å². The van der Waals surface area contributed by atoms with Crippen molar-refractivity contribution in [1.82, 2.24) is 4.90 Å². The molecule has 28 heavy (non-hydrogen) atoms. The lowest BCUT2D eigenvalue weighted by atomic mass is 10.1. The van der Waals surface area contributed by atoms with Crippen LogP contribution in [0.2, 0.25) is 0 Å². The van der Waals surface area contributed by atoms with Crippen molar-refractivity contribution in [2.45, 2.75) is 38.4 Å². The Kier molecular flexibility index (Phi) is 4.91. The molecule has 0 amide bonds. The highest BCUT2D eigenvalue weighted by atomic mass is 32.1. The predicted molar refractivity (Wildman–Crippen MR) is 120 cm³/mol. The van der Waals surface area contributed by atoms with Crippen LogP contribution in [0, 0.1) is 0 Å². The van der Waals surface area contributed by atoms with E-state index in [1.54, 1.807) is 0 Å². The number of benzene rings is 1. The minimum atomic E-state index is -0.00821. The van der Waals surface area contributed by atoms with Crippen molar-refractivity contribution in [1.29, 1.82) is 0 Å². The Bertz CT molecular complexity index is 882.